The zero-order valence-electron chi connectivity index (χ0n) is 11.1. The quantitative estimate of drug-likeness (QED) is 0.826. The SMILES string of the molecule is CC(NCC(O)c1ccccc1Cl)c1cccnc1Cl. The highest BCUT2D eigenvalue weighted by atomic mass is 35.5. The molecular weight excluding hydrogens is 295 g/mol. The van der Waals surface area contributed by atoms with Gasteiger partial charge in [0.15, 0.2) is 0 Å². The third-order valence-corrected chi connectivity index (χ3v) is 3.80. The first-order valence-corrected chi connectivity index (χ1v) is 7.11. The van der Waals surface area contributed by atoms with Gasteiger partial charge in [-0.1, -0.05) is 47.5 Å². The van der Waals surface area contributed by atoms with Crippen LogP contribution in [0.5, 0.6) is 0 Å². The van der Waals surface area contributed by atoms with Gasteiger partial charge in [-0.25, -0.2) is 4.98 Å². The number of aliphatic hydroxyl groups is 1. The van der Waals surface area contributed by atoms with Crippen LogP contribution in [-0.4, -0.2) is 16.6 Å². The number of nitrogens with one attached hydrogen (secondary N) is 1. The molecule has 0 radical (unpaired) electrons. The Morgan fingerprint density at radius 1 is 1.15 bits per heavy atom. The van der Waals surface area contributed by atoms with E-state index in [1.54, 1.807) is 12.3 Å². The lowest BCUT2D eigenvalue weighted by molar-refractivity contribution is 0.171. The molecule has 1 aromatic carbocycles. The number of rotatable bonds is 5. The van der Waals surface area contributed by atoms with Crippen LogP contribution in [0.3, 0.4) is 0 Å². The summed E-state index contributed by atoms with van der Waals surface area (Å²) >= 11 is 12.1. The van der Waals surface area contributed by atoms with E-state index < -0.39 is 6.10 Å². The van der Waals surface area contributed by atoms with Crippen LogP contribution >= 0.6 is 23.2 Å². The zero-order chi connectivity index (χ0) is 14.5. The summed E-state index contributed by atoms with van der Waals surface area (Å²) in [5, 5.41) is 14.4. The maximum Gasteiger partial charge on any atom is 0.133 e. The molecule has 106 valence electrons. The Labute approximate surface area is 128 Å². The Morgan fingerprint density at radius 2 is 1.85 bits per heavy atom. The van der Waals surface area contributed by atoms with Crippen molar-refractivity contribution in [3.8, 4) is 0 Å². The van der Waals surface area contributed by atoms with Crippen molar-refractivity contribution in [1.82, 2.24) is 10.3 Å². The van der Waals surface area contributed by atoms with Crippen LogP contribution in [0, 0.1) is 0 Å². The summed E-state index contributed by atoms with van der Waals surface area (Å²) in [7, 11) is 0. The molecule has 20 heavy (non-hydrogen) atoms. The Balaban J connectivity index is 1.99. The van der Waals surface area contributed by atoms with E-state index in [1.807, 2.05) is 37.3 Å². The lowest BCUT2D eigenvalue weighted by Gasteiger charge is -2.18. The summed E-state index contributed by atoms with van der Waals surface area (Å²) in [6.07, 6.45) is 0.985. The number of aliphatic hydroxyl groups excluding tert-OH is 1. The van der Waals surface area contributed by atoms with Crippen LogP contribution in [0.2, 0.25) is 10.2 Å². The van der Waals surface area contributed by atoms with Crippen molar-refractivity contribution in [2.45, 2.75) is 19.1 Å². The first-order valence-electron chi connectivity index (χ1n) is 6.36. The Bertz CT molecular complexity index is 526. The van der Waals surface area contributed by atoms with Crippen molar-refractivity contribution in [3.05, 3.63) is 63.9 Å². The maximum atomic E-state index is 10.2. The van der Waals surface area contributed by atoms with E-state index in [0.717, 1.165) is 5.56 Å². The molecule has 0 saturated heterocycles. The Morgan fingerprint density at radius 3 is 2.55 bits per heavy atom. The second-order valence-electron chi connectivity index (χ2n) is 4.55. The van der Waals surface area contributed by atoms with Gasteiger partial charge in [0, 0.05) is 34.9 Å². The van der Waals surface area contributed by atoms with Gasteiger partial charge in [-0.15, -0.1) is 0 Å². The predicted molar refractivity (Wildman–Crippen MR) is 82.1 cm³/mol. The minimum absolute atomic E-state index is 0.00617. The molecule has 2 aromatic rings. The van der Waals surface area contributed by atoms with Gasteiger partial charge >= 0.3 is 0 Å². The van der Waals surface area contributed by atoms with Gasteiger partial charge in [0.1, 0.15) is 5.15 Å². The molecular formula is C15H16Cl2N2O. The van der Waals surface area contributed by atoms with Crippen LogP contribution in [0.15, 0.2) is 42.6 Å². The van der Waals surface area contributed by atoms with E-state index in [0.29, 0.717) is 22.3 Å². The van der Waals surface area contributed by atoms with Crippen LogP contribution in [0.1, 0.15) is 30.2 Å². The molecule has 0 fully saturated rings. The summed E-state index contributed by atoms with van der Waals surface area (Å²) in [4.78, 5) is 4.04. The largest absolute Gasteiger partial charge is 0.387 e. The number of nitrogens with zero attached hydrogens (tertiary/aromatic N) is 1. The summed E-state index contributed by atoms with van der Waals surface area (Å²) in [5.74, 6) is 0. The maximum absolute atomic E-state index is 10.2. The molecule has 0 spiro atoms. The van der Waals surface area contributed by atoms with Crippen molar-refractivity contribution < 1.29 is 5.11 Å². The average Bonchev–Trinajstić information content (AvgIpc) is 2.45. The van der Waals surface area contributed by atoms with Crippen LogP contribution < -0.4 is 5.32 Å². The Kier molecular flexibility index (Phi) is 5.38. The third-order valence-electron chi connectivity index (χ3n) is 3.14. The zero-order valence-corrected chi connectivity index (χ0v) is 12.6. The van der Waals surface area contributed by atoms with Gasteiger partial charge in [-0.2, -0.15) is 0 Å². The topological polar surface area (TPSA) is 45.1 Å². The minimum atomic E-state index is -0.665. The number of aromatic nitrogens is 1. The van der Waals surface area contributed by atoms with Gasteiger partial charge in [0.05, 0.1) is 6.10 Å². The average molecular weight is 311 g/mol. The first-order chi connectivity index (χ1) is 9.59. The molecule has 0 aliphatic carbocycles. The van der Waals surface area contributed by atoms with Crippen molar-refractivity contribution in [2.24, 2.45) is 0 Å². The lowest BCUT2D eigenvalue weighted by atomic mass is 10.1. The standard InChI is InChI=1S/C15H16Cl2N2O/c1-10(11-6-4-8-18-15(11)17)19-9-14(20)12-5-2-3-7-13(12)16/h2-8,10,14,19-20H,9H2,1H3. The summed E-state index contributed by atoms with van der Waals surface area (Å²) in [6, 6.07) is 11.0. The minimum Gasteiger partial charge on any atom is -0.387 e. The molecule has 1 heterocycles. The fraction of sp³-hybridized carbons (Fsp3) is 0.267. The molecule has 0 aliphatic rings. The van der Waals surface area contributed by atoms with E-state index >= 15 is 0 Å². The molecule has 0 aliphatic heterocycles. The highest BCUT2D eigenvalue weighted by Gasteiger charge is 2.14. The van der Waals surface area contributed by atoms with E-state index in [-0.39, 0.29) is 6.04 Å². The smallest absolute Gasteiger partial charge is 0.133 e. The van der Waals surface area contributed by atoms with Gasteiger partial charge in [0.2, 0.25) is 0 Å². The van der Waals surface area contributed by atoms with E-state index in [4.69, 9.17) is 23.2 Å². The molecule has 0 amide bonds. The molecule has 2 N–H and O–H groups in total. The molecule has 2 rings (SSSR count). The van der Waals surface area contributed by atoms with Gasteiger partial charge in [-0.05, 0) is 19.1 Å². The molecule has 2 unspecified atom stereocenters. The third kappa shape index (κ3) is 3.70. The summed E-state index contributed by atoms with van der Waals surface area (Å²) in [5.41, 5.74) is 1.62. The summed E-state index contributed by atoms with van der Waals surface area (Å²) < 4.78 is 0. The molecule has 2 atom stereocenters. The normalized spacial score (nSPS) is 14.0. The van der Waals surface area contributed by atoms with Crippen molar-refractivity contribution in [3.63, 3.8) is 0 Å². The van der Waals surface area contributed by atoms with E-state index in [1.165, 1.54) is 0 Å². The van der Waals surface area contributed by atoms with Crippen molar-refractivity contribution >= 4 is 23.2 Å². The molecule has 0 bridgehead atoms. The van der Waals surface area contributed by atoms with E-state index in [9.17, 15) is 5.11 Å². The monoisotopic (exact) mass is 310 g/mol. The van der Waals surface area contributed by atoms with E-state index in [2.05, 4.69) is 10.3 Å². The molecule has 3 nitrogen and oxygen atoms in total. The lowest BCUT2D eigenvalue weighted by Crippen LogP contribution is -2.25. The first kappa shape index (κ1) is 15.3. The molecule has 0 saturated carbocycles. The fourth-order valence-corrected chi connectivity index (χ4v) is 2.52. The van der Waals surface area contributed by atoms with Crippen molar-refractivity contribution in [1.29, 1.82) is 0 Å². The number of halogens is 2. The number of hydrogen-bond donors (Lipinski definition) is 2. The van der Waals surface area contributed by atoms with Gasteiger partial charge in [-0.3, -0.25) is 0 Å². The van der Waals surface area contributed by atoms with Gasteiger partial charge in [0.25, 0.3) is 0 Å². The summed E-state index contributed by atoms with van der Waals surface area (Å²) in [6.45, 7) is 2.36. The molecule has 5 heteroatoms. The number of hydrogen-bond acceptors (Lipinski definition) is 3. The van der Waals surface area contributed by atoms with Crippen LogP contribution in [-0.2, 0) is 0 Å². The molecule has 1 aromatic heterocycles. The van der Waals surface area contributed by atoms with Crippen LogP contribution in [0.4, 0.5) is 0 Å². The highest BCUT2D eigenvalue weighted by Crippen LogP contribution is 2.24. The Hall–Kier alpha value is -1.13. The number of benzene rings is 1. The second kappa shape index (κ2) is 7.04. The predicted octanol–water partition coefficient (Wildman–Crippen LogP) is 3.77. The fourth-order valence-electron chi connectivity index (χ4n) is 1.98. The van der Waals surface area contributed by atoms with Crippen LogP contribution in [0.25, 0.3) is 0 Å². The van der Waals surface area contributed by atoms with Crippen molar-refractivity contribution in [2.75, 3.05) is 6.54 Å². The second-order valence-corrected chi connectivity index (χ2v) is 5.32. The highest BCUT2D eigenvalue weighted by molar-refractivity contribution is 6.31. The number of pyridine rings is 1. The van der Waals surface area contributed by atoms with Gasteiger partial charge < -0.3 is 10.4 Å².